The Labute approximate surface area is 143 Å². The Kier molecular flexibility index (Phi) is 5.23. The zero-order chi connectivity index (χ0) is 16.8. The molecule has 2 heterocycles. The summed E-state index contributed by atoms with van der Waals surface area (Å²) in [6, 6.07) is 13.7. The van der Waals surface area contributed by atoms with Crippen molar-refractivity contribution in [2.75, 3.05) is 0 Å². The average Bonchev–Trinajstić information content (AvgIpc) is 3.26. The lowest BCUT2D eigenvalue weighted by Gasteiger charge is -2.19. The van der Waals surface area contributed by atoms with Gasteiger partial charge in [-0.1, -0.05) is 18.2 Å². The molecule has 0 fully saturated rings. The van der Waals surface area contributed by atoms with Crippen LogP contribution in [0.5, 0.6) is 0 Å². The van der Waals surface area contributed by atoms with E-state index < -0.39 is 0 Å². The molecule has 3 nitrogen and oxygen atoms in total. The van der Waals surface area contributed by atoms with E-state index in [9.17, 15) is 9.18 Å². The van der Waals surface area contributed by atoms with Gasteiger partial charge in [-0.3, -0.25) is 4.79 Å². The number of furan rings is 1. The molecule has 3 rings (SSSR count). The molecule has 3 aromatic rings. The highest BCUT2D eigenvalue weighted by atomic mass is 32.1. The highest BCUT2D eigenvalue weighted by Crippen LogP contribution is 2.16. The number of hydrogen-bond donors (Lipinski definition) is 0. The largest absolute Gasteiger partial charge is 0.467 e. The second-order valence-corrected chi connectivity index (χ2v) is 6.27. The van der Waals surface area contributed by atoms with Crippen molar-refractivity contribution in [3.8, 4) is 0 Å². The minimum absolute atomic E-state index is 0.149. The molecular formula is C19H16FNO2S. The lowest BCUT2D eigenvalue weighted by atomic mass is 10.2. The van der Waals surface area contributed by atoms with Gasteiger partial charge in [-0.2, -0.15) is 0 Å². The van der Waals surface area contributed by atoms with Crippen molar-refractivity contribution in [3.05, 3.63) is 88.3 Å². The molecule has 0 radical (unpaired) electrons. The molecule has 0 bridgehead atoms. The molecule has 0 spiro atoms. The Bertz CT molecular complexity index is 774. The van der Waals surface area contributed by atoms with E-state index in [1.165, 1.54) is 18.2 Å². The van der Waals surface area contributed by atoms with Crippen molar-refractivity contribution < 1.29 is 13.6 Å². The number of hydrogen-bond acceptors (Lipinski definition) is 3. The zero-order valence-electron chi connectivity index (χ0n) is 12.9. The summed E-state index contributed by atoms with van der Waals surface area (Å²) >= 11 is 1.60. The highest BCUT2D eigenvalue weighted by molar-refractivity contribution is 7.09. The maximum Gasteiger partial charge on any atom is 0.247 e. The van der Waals surface area contributed by atoms with Crippen LogP contribution in [0.2, 0.25) is 0 Å². The summed E-state index contributed by atoms with van der Waals surface area (Å²) in [5, 5.41) is 1.98. The molecule has 0 atom stereocenters. The molecule has 0 aliphatic heterocycles. The molecule has 5 heteroatoms. The second kappa shape index (κ2) is 7.75. The molecule has 1 amide bonds. The van der Waals surface area contributed by atoms with E-state index >= 15 is 0 Å². The maximum absolute atomic E-state index is 13.2. The van der Waals surface area contributed by atoms with Crippen molar-refractivity contribution in [2.45, 2.75) is 13.1 Å². The van der Waals surface area contributed by atoms with Crippen LogP contribution in [0.25, 0.3) is 6.08 Å². The van der Waals surface area contributed by atoms with Crippen LogP contribution in [-0.2, 0) is 17.9 Å². The minimum Gasteiger partial charge on any atom is -0.467 e. The molecule has 0 saturated carbocycles. The third-order valence-corrected chi connectivity index (χ3v) is 4.29. The van der Waals surface area contributed by atoms with Crippen molar-refractivity contribution in [1.29, 1.82) is 0 Å². The van der Waals surface area contributed by atoms with Crippen molar-refractivity contribution in [1.82, 2.24) is 4.90 Å². The number of benzene rings is 1. The van der Waals surface area contributed by atoms with Gasteiger partial charge in [0.15, 0.2) is 0 Å². The van der Waals surface area contributed by atoms with E-state index in [1.54, 1.807) is 46.8 Å². The van der Waals surface area contributed by atoms with Gasteiger partial charge in [0.1, 0.15) is 11.6 Å². The Hall–Kier alpha value is -2.66. The number of carbonyl (C=O) groups excluding carboxylic acids is 1. The van der Waals surface area contributed by atoms with Crippen LogP contribution in [0.15, 0.2) is 70.7 Å². The molecule has 24 heavy (non-hydrogen) atoms. The Morgan fingerprint density at radius 3 is 2.79 bits per heavy atom. The molecular weight excluding hydrogens is 325 g/mol. The Morgan fingerprint density at radius 2 is 2.08 bits per heavy atom. The lowest BCUT2D eigenvalue weighted by molar-refractivity contribution is -0.127. The van der Waals surface area contributed by atoms with Crippen molar-refractivity contribution >= 4 is 23.3 Å². The molecule has 122 valence electrons. The SMILES string of the molecule is O=C(/C=C/c1cccc(F)c1)N(Cc1ccco1)Cc1cccs1. The monoisotopic (exact) mass is 341 g/mol. The van der Waals surface area contributed by atoms with Crippen LogP contribution in [0, 0.1) is 5.82 Å². The summed E-state index contributed by atoms with van der Waals surface area (Å²) in [6.07, 6.45) is 4.67. The van der Waals surface area contributed by atoms with Crippen LogP contribution in [0.1, 0.15) is 16.2 Å². The predicted octanol–water partition coefficient (Wildman–Crippen LogP) is 4.72. The van der Waals surface area contributed by atoms with Crippen LogP contribution in [0.4, 0.5) is 4.39 Å². The third-order valence-electron chi connectivity index (χ3n) is 3.43. The number of nitrogens with zero attached hydrogens (tertiary/aromatic N) is 1. The first kappa shape index (κ1) is 16.2. The summed E-state index contributed by atoms with van der Waals surface area (Å²) < 4.78 is 18.6. The van der Waals surface area contributed by atoms with Crippen LogP contribution < -0.4 is 0 Å². The van der Waals surface area contributed by atoms with Gasteiger partial charge < -0.3 is 9.32 Å². The van der Waals surface area contributed by atoms with Crippen LogP contribution >= 0.6 is 11.3 Å². The van der Waals surface area contributed by atoms with Gasteiger partial charge in [0, 0.05) is 11.0 Å². The van der Waals surface area contributed by atoms with Crippen LogP contribution in [0.3, 0.4) is 0 Å². The molecule has 1 aromatic carbocycles. The molecule has 0 saturated heterocycles. The lowest BCUT2D eigenvalue weighted by Crippen LogP contribution is -2.27. The Balaban J connectivity index is 1.74. The van der Waals surface area contributed by atoms with Crippen molar-refractivity contribution in [2.24, 2.45) is 0 Å². The first-order valence-electron chi connectivity index (χ1n) is 7.48. The molecule has 0 N–H and O–H groups in total. The minimum atomic E-state index is -0.323. The summed E-state index contributed by atoms with van der Waals surface area (Å²) in [7, 11) is 0. The molecule has 2 aromatic heterocycles. The van der Waals surface area contributed by atoms with Gasteiger partial charge in [0.25, 0.3) is 0 Å². The molecule has 0 aliphatic rings. The van der Waals surface area contributed by atoms with E-state index in [1.807, 2.05) is 23.6 Å². The smallest absolute Gasteiger partial charge is 0.247 e. The van der Waals surface area contributed by atoms with Gasteiger partial charge in [-0.25, -0.2) is 4.39 Å². The maximum atomic E-state index is 13.2. The summed E-state index contributed by atoms with van der Waals surface area (Å²) in [6.45, 7) is 0.891. The number of rotatable bonds is 6. The summed E-state index contributed by atoms with van der Waals surface area (Å²) in [4.78, 5) is 15.3. The van der Waals surface area contributed by atoms with Crippen molar-refractivity contribution in [3.63, 3.8) is 0 Å². The van der Waals surface area contributed by atoms with Gasteiger partial charge in [0.2, 0.25) is 5.91 Å². The summed E-state index contributed by atoms with van der Waals surface area (Å²) in [5.74, 6) is 0.249. The van der Waals surface area contributed by atoms with Gasteiger partial charge >= 0.3 is 0 Å². The first-order chi connectivity index (χ1) is 11.7. The quantitative estimate of drug-likeness (QED) is 0.608. The number of halogens is 1. The predicted molar refractivity (Wildman–Crippen MR) is 92.7 cm³/mol. The normalized spacial score (nSPS) is 11.0. The fourth-order valence-electron chi connectivity index (χ4n) is 2.28. The number of amides is 1. The van der Waals surface area contributed by atoms with Gasteiger partial charge in [-0.05, 0) is 47.4 Å². The van der Waals surface area contributed by atoms with E-state index in [0.717, 1.165) is 10.6 Å². The molecule has 0 aliphatic carbocycles. The fraction of sp³-hybridized carbons (Fsp3) is 0.105. The average molecular weight is 341 g/mol. The van der Waals surface area contributed by atoms with Gasteiger partial charge in [0.05, 0.1) is 19.4 Å². The number of thiophene rings is 1. The second-order valence-electron chi connectivity index (χ2n) is 5.24. The van der Waals surface area contributed by atoms with Crippen LogP contribution in [-0.4, -0.2) is 10.8 Å². The van der Waals surface area contributed by atoms with E-state index in [4.69, 9.17) is 4.42 Å². The molecule has 0 unspecified atom stereocenters. The first-order valence-corrected chi connectivity index (χ1v) is 8.36. The van der Waals surface area contributed by atoms with E-state index in [2.05, 4.69) is 0 Å². The fourth-order valence-corrected chi connectivity index (χ4v) is 3.00. The summed E-state index contributed by atoms with van der Waals surface area (Å²) in [5.41, 5.74) is 0.650. The zero-order valence-corrected chi connectivity index (χ0v) is 13.7. The topological polar surface area (TPSA) is 33.5 Å². The third kappa shape index (κ3) is 4.43. The van der Waals surface area contributed by atoms with E-state index in [0.29, 0.717) is 18.7 Å². The number of carbonyl (C=O) groups is 1. The standard InChI is InChI=1S/C19H16FNO2S/c20-16-5-1-4-15(12-16)8-9-19(22)21(13-17-6-2-10-23-17)14-18-7-3-11-24-18/h1-12H,13-14H2/b9-8+. The Morgan fingerprint density at radius 1 is 1.17 bits per heavy atom. The highest BCUT2D eigenvalue weighted by Gasteiger charge is 2.14. The van der Waals surface area contributed by atoms with E-state index in [-0.39, 0.29) is 11.7 Å². The van der Waals surface area contributed by atoms with Gasteiger partial charge in [-0.15, -0.1) is 11.3 Å².